The standard InChI is InChI=1S/C24H20ClN3O3.C23H18ClN3O3/c1-15-22(23(29)24(30)27-18-4-3-11-26-13-18)20-12-19(31-2)9-10-21(20)28(15)14-16-5-7-17(25)8-6-16;1-30-18-8-9-21-19(11-18)20(14-27(21)13-15-4-6-16(24)7-5-15)22(28)23(29)26-17-3-2-10-25-12-17/h3-13H,14H2,1-2H3,(H,27,30);2-12,14H,13H2,1H3,(H,26,29). The third-order valence-corrected chi connectivity index (χ3v) is 10.4. The molecule has 4 heterocycles. The molecule has 14 heteroatoms. The summed E-state index contributed by atoms with van der Waals surface area (Å²) in [5, 5.41) is 7.84. The molecule has 0 atom stereocenters. The average molecular weight is 854 g/mol. The van der Waals surface area contributed by atoms with Crippen molar-refractivity contribution in [2.24, 2.45) is 0 Å². The lowest BCUT2D eigenvalue weighted by Gasteiger charge is -2.09. The predicted octanol–water partition coefficient (Wildman–Crippen LogP) is 9.44. The number of hydrogen-bond acceptors (Lipinski definition) is 8. The van der Waals surface area contributed by atoms with E-state index in [1.54, 1.807) is 69.2 Å². The van der Waals surface area contributed by atoms with E-state index >= 15 is 0 Å². The minimum Gasteiger partial charge on any atom is -0.497 e. The van der Waals surface area contributed by atoms with Crippen molar-refractivity contribution in [2.45, 2.75) is 20.0 Å². The number of carbonyl (C=O) groups is 4. The number of carbonyl (C=O) groups excluding carboxylic acids is 4. The second-order valence-electron chi connectivity index (χ2n) is 13.8. The molecule has 8 rings (SSSR count). The Kier molecular flexibility index (Phi) is 12.9. The average Bonchev–Trinajstić information content (AvgIpc) is 3.77. The summed E-state index contributed by atoms with van der Waals surface area (Å²) in [6.07, 6.45) is 7.86. The van der Waals surface area contributed by atoms with Crippen LogP contribution in [0.25, 0.3) is 21.8 Å². The number of amides is 2. The number of hydrogen-bond donors (Lipinski definition) is 2. The van der Waals surface area contributed by atoms with Gasteiger partial charge in [-0.3, -0.25) is 29.1 Å². The SMILES string of the molecule is COc1ccc2c(c1)c(C(=O)C(=O)Nc1cccnc1)c(C)n2Cc1ccc(Cl)cc1.COc1ccc2c(c1)c(C(=O)C(=O)Nc1cccnc1)cn2Cc1ccc(Cl)cc1. The van der Waals surface area contributed by atoms with E-state index in [1.807, 2.05) is 88.9 Å². The number of pyridine rings is 2. The largest absolute Gasteiger partial charge is 0.497 e. The number of methoxy groups -OCH3 is 2. The van der Waals surface area contributed by atoms with Crippen LogP contribution >= 0.6 is 23.2 Å². The van der Waals surface area contributed by atoms with Gasteiger partial charge in [0.1, 0.15) is 11.5 Å². The lowest BCUT2D eigenvalue weighted by Crippen LogP contribution is -2.23. The molecular weight excluding hydrogens is 815 g/mol. The number of ketones is 2. The van der Waals surface area contributed by atoms with Gasteiger partial charge in [0, 0.05) is 69.2 Å². The summed E-state index contributed by atoms with van der Waals surface area (Å²) >= 11 is 12.0. The van der Waals surface area contributed by atoms with Crippen LogP contribution in [0.15, 0.2) is 140 Å². The second kappa shape index (κ2) is 18.8. The molecule has 0 saturated heterocycles. The fraction of sp³-hybridized carbons (Fsp3) is 0.106. The lowest BCUT2D eigenvalue weighted by atomic mass is 10.1. The van der Waals surface area contributed by atoms with Gasteiger partial charge in [-0.25, -0.2) is 0 Å². The molecule has 0 fully saturated rings. The number of fused-ring (bicyclic) bond motifs is 2. The number of benzene rings is 4. The minimum atomic E-state index is -0.726. The van der Waals surface area contributed by atoms with Crippen LogP contribution in [0.1, 0.15) is 37.5 Å². The third kappa shape index (κ3) is 9.62. The third-order valence-electron chi connectivity index (χ3n) is 9.86. The molecule has 0 aliphatic carbocycles. The van der Waals surface area contributed by atoms with Gasteiger partial charge < -0.3 is 29.2 Å². The van der Waals surface area contributed by atoms with Crippen molar-refractivity contribution >= 4 is 79.8 Å². The van der Waals surface area contributed by atoms with Gasteiger partial charge in [-0.05, 0) is 103 Å². The molecule has 61 heavy (non-hydrogen) atoms. The first-order chi connectivity index (χ1) is 29.5. The molecule has 4 aromatic carbocycles. The number of anilines is 2. The summed E-state index contributed by atoms with van der Waals surface area (Å²) in [7, 11) is 3.12. The van der Waals surface area contributed by atoms with E-state index in [1.165, 1.54) is 12.4 Å². The molecule has 0 bridgehead atoms. The Bertz CT molecular complexity index is 2880. The lowest BCUT2D eigenvalue weighted by molar-refractivity contribution is -0.113. The zero-order valence-electron chi connectivity index (χ0n) is 33.2. The van der Waals surface area contributed by atoms with Crippen molar-refractivity contribution in [1.82, 2.24) is 19.1 Å². The smallest absolute Gasteiger partial charge is 0.296 e. The van der Waals surface area contributed by atoms with Gasteiger partial charge in [-0.1, -0.05) is 47.5 Å². The van der Waals surface area contributed by atoms with Gasteiger partial charge >= 0.3 is 0 Å². The molecule has 0 aliphatic rings. The Labute approximate surface area is 360 Å². The van der Waals surface area contributed by atoms with Crippen molar-refractivity contribution in [1.29, 1.82) is 0 Å². The number of halogens is 2. The number of rotatable bonds is 12. The normalized spacial score (nSPS) is 10.8. The highest BCUT2D eigenvalue weighted by atomic mass is 35.5. The Morgan fingerprint density at radius 2 is 1.13 bits per heavy atom. The fourth-order valence-corrected chi connectivity index (χ4v) is 7.09. The summed E-state index contributed by atoms with van der Waals surface area (Å²) in [5.74, 6) is -1.48. The quantitative estimate of drug-likeness (QED) is 0.0913. The van der Waals surface area contributed by atoms with Gasteiger partial charge in [0.05, 0.1) is 49.1 Å². The number of nitrogens with zero attached hydrogens (tertiary/aromatic N) is 4. The summed E-state index contributed by atoms with van der Waals surface area (Å²) < 4.78 is 14.6. The fourth-order valence-electron chi connectivity index (χ4n) is 6.84. The summed E-state index contributed by atoms with van der Waals surface area (Å²) in [6, 6.07) is 32.7. The zero-order valence-corrected chi connectivity index (χ0v) is 34.7. The molecule has 12 nitrogen and oxygen atoms in total. The molecular formula is C47H38Cl2N6O6. The topological polar surface area (TPSA) is 146 Å². The summed E-state index contributed by atoms with van der Waals surface area (Å²) in [5.41, 5.74) is 5.98. The number of nitrogens with one attached hydrogen (secondary N) is 2. The Morgan fingerprint density at radius 1 is 0.623 bits per heavy atom. The first-order valence-electron chi connectivity index (χ1n) is 18.9. The van der Waals surface area contributed by atoms with E-state index in [4.69, 9.17) is 32.7 Å². The van der Waals surface area contributed by atoms with Gasteiger partial charge in [-0.15, -0.1) is 0 Å². The number of ether oxygens (including phenoxy) is 2. The highest BCUT2D eigenvalue weighted by Gasteiger charge is 2.26. The maximum absolute atomic E-state index is 13.2. The molecule has 0 spiro atoms. The maximum atomic E-state index is 13.2. The van der Waals surface area contributed by atoms with Crippen LogP contribution in [0.2, 0.25) is 10.0 Å². The van der Waals surface area contributed by atoms with Crippen LogP contribution in [0.5, 0.6) is 11.5 Å². The molecule has 0 unspecified atom stereocenters. The molecule has 8 aromatic rings. The molecule has 306 valence electrons. The van der Waals surface area contributed by atoms with Gasteiger partial charge in [0.15, 0.2) is 0 Å². The van der Waals surface area contributed by atoms with Crippen molar-refractivity contribution in [2.75, 3.05) is 24.9 Å². The molecule has 2 amide bonds. The monoisotopic (exact) mass is 852 g/mol. The predicted molar refractivity (Wildman–Crippen MR) is 237 cm³/mol. The highest BCUT2D eigenvalue weighted by Crippen LogP contribution is 2.32. The second-order valence-corrected chi connectivity index (χ2v) is 14.7. The van der Waals surface area contributed by atoms with Crippen LogP contribution in [0.4, 0.5) is 11.4 Å². The zero-order chi connectivity index (χ0) is 43.0. The summed E-state index contributed by atoms with van der Waals surface area (Å²) in [6.45, 7) is 2.90. The molecule has 0 saturated carbocycles. The van der Waals surface area contributed by atoms with E-state index in [2.05, 4.69) is 20.6 Å². The highest BCUT2D eigenvalue weighted by molar-refractivity contribution is 6.49. The number of Topliss-reactive ketones (excluding diaryl/α,β-unsaturated/α-hetero) is 2. The molecule has 4 aromatic heterocycles. The minimum absolute atomic E-state index is 0.305. The van der Waals surface area contributed by atoms with Crippen LogP contribution in [-0.2, 0) is 22.7 Å². The van der Waals surface area contributed by atoms with E-state index in [9.17, 15) is 19.2 Å². The van der Waals surface area contributed by atoms with Crippen LogP contribution < -0.4 is 20.1 Å². The summed E-state index contributed by atoms with van der Waals surface area (Å²) in [4.78, 5) is 59.4. The molecule has 0 aliphatic heterocycles. The van der Waals surface area contributed by atoms with Gasteiger partial charge in [0.2, 0.25) is 0 Å². The van der Waals surface area contributed by atoms with E-state index < -0.39 is 23.4 Å². The van der Waals surface area contributed by atoms with Crippen LogP contribution in [0, 0.1) is 6.92 Å². The van der Waals surface area contributed by atoms with Gasteiger partial charge in [-0.2, -0.15) is 0 Å². The molecule has 2 N–H and O–H groups in total. The van der Waals surface area contributed by atoms with Crippen molar-refractivity contribution in [3.05, 3.63) is 178 Å². The number of aromatic nitrogens is 4. The van der Waals surface area contributed by atoms with Crippen LogP contribution in [-0.4, -0.2) is 56.7 Å². The first-order valence-corrected chi connectivity index (χ1v) is 19.6. The van der Waals surface area contributed by atoms with Crippen molar-refractivity contribution < 1.29 is 28.7 Å². The van der Waals surface area contributed by atoms with E-state index in [0.29, 0.717) is 73.6 Å². The molecule has 0 radical (unpaired) electrons. The van der Waals surface area contributed by atoms with Gasteiger partial charge in [0.25, 0.3) is 23.4 Å². The Balaban J connectivity index is 0.000000184. The maximum Gasteiger partial charge on any atom is 0.296 e. The van der Waals surface area contributed by atoms with Crippen molar-refractivity contribution in [3.8, 4) is 11.5 Å². The van der Waals surface area contributed by atoms with Crippen LogP contribution in [0.3, 0.4) is 0 Å². The Morgan fingerprint density at radius 3 is 1.66 bits per heavy atom. The van der Waals surface area contributed by atoms with E-state index in [0.717, 1.165) is 22.2 Å². The first kappa shape index (κ1) is 41.9. The van der Waals surface area contributed by atoms with E-state index in [-0.39, 0.29) is 0 Å². The Hall–Kier alpha value is -7.28. The van der Waals surface area contributed by atoms with Crippen molar-refractivity contribution in [3.63, 3.8) is 0 Å².